The van der Waals surface area contributed by atoms with Gasteiger partial charge < -0.3 is 9.30 Å². The number of methoxy groups -OCH3 is 1. The average Bonchev–Trinajstić information content (AvgIpc) is 3.05. The van der Waals surface area contributed by atoms with Gasteiger partial charge in [-0.3, -0.25) is 4.79 Å². The third kappa shape index (κ3) is 3.66. The van der Waals surface area contributed by atoms with E-state index in [1.54, 1.807) is 18.3 Å². The fourth-order valence-corrected chi connectivity index (χ4v) is 2.60. The Morgan fingerprint density at radius 3 is 2.32 bits per heavy atom. The molecule has 2 aromatic carbocycles. The van der Waals surface area contributed by atoms with Crippen LogP contribution in [0.5, 0.6) is 0 Å². The number of hydrogen-bond acceptors (Lipinski definition) is 4. The Labute approximate surface area is 145 Å². The van der Waals surface area contributed by atoms with Crippen LogP contribution in [0.15, 0.2) is 60.8 Å². The van der Waals surface area contributed by atoms with Gasteiger partial charge in [-0.2, -0.15) is 0 Å². The highest BCUT2D eigenvalue weighted by atomic mass is 16.5. The number of Topliss-reactive ketones (excluding diaryl/α,β-unsaturated/α-hetero) is 1. The standard InChI is InChI=1S/C20H18N2O3/c1-14(23)16-8-10-17(11-9-16)19-21-18(20(24)25-2)13-22(19)12-15-6-4-3-5-7-15/h3-11,13H,12H2,1-2H3. The summed E-state index contributed by atoms with van der Waals surface area (Å²) in [5.41, 5.74) is 2.82. The number of carbonyl (C=O) groups is 2. The van der Waals surface area contributed by atoms with Gasteiger partial charge >= 0.3 is 5.97 Å². The first-order valence-electron chi connectivity index (χ1n) is 7.89. The van der Waals surface area contributed by atoms with Crippen LogP contribution in [0.1, 0.15) is 33.3 Å². The molecule has 0 aliphatic carbocycles. The largest absolute Gasteiger partial charge is 0.464 e. The maximum Gasteiger partial charge on any atom is 0.358 e. The Morgan fingerprint density at radius 1 is 1.04 bits per heavy atom. The number of nitrogens with zero attached hydrogens (tertiary/aromatic N) is 2. The van der Waals surface area contributed by atoms with Crippen molar-refractivity contribution in [1.29, 1.82) is 0 Å². The third-order valence-electron chi connectivity index (χ3n) is 3.92. The SMILES string of the molecule is COC(=O)c1cn(Cc2ccccc2)c(-c2ccc(C(C)=O)cc2)n1. The highest BCUT2D eigenvalue weighted by molar-refractivity contribution is 5.94. The zero-order valence-corrected chi connectivity index (χ0v) is 14.1. The van der Waals surface area contributed by atoms with E-state index in [4.69, 9.17) is 4.74 Å². The Balaban J connectivity index is 2.02. The predicted octanol–water partition coefficient (Wildman–Crippen LogP) is 3.59. The summed E-state index contributed by atoms with van der Waals surface area (Å²) in [6, 6.07) is 17.1. The molecule has 0 amide bonds. The summed E-state index contributed by atoms with van der Waals surface area (Å²) in [6.07, 6.45) is 1.69. The summed E-state index contributed by atoms with van der Waals surface area (Å²) in [7, 11) is 1.33. The van der Waals surface area contributed by atoms with E-state index in [-0.39, 0.29) is 11.5 Å². The quantitative estimate of drug-likeness (QED) is 0.528. The Bertz CT molecular complexity index is 896. The van der Waals surface area contributed by atoms with Crippen LogP contribution in [0.3, 0.4) is 0 Å². The van der Waals surface area contributed by atoms with Crippen LogP contribution in [-0.2, 0) is 11.3 Å². The molecule has 0 unspecified atom stereocenters. The van der Waals surface area contributed by atoms with Crippen molar-refractivity contribution in [3.8, 4) is 11.4 Å². The van der Waals surface area contributed by atoms with Crippen molar-refractivity contribution in [3.05, 3.63) is 77.6 Å². The minimum Gasteiger partial charge on any atom is -0.464 e. The Morgan fingerprint density at radius 2 is 1.72 bits per heavy atom. The van der Waals surface area contributed by atoms with Crippen LogP contribution in [0.2, 0.25) is 0 Å². The summed E-state index contributed by atoms with van der Waals surface area (Å²) in [6.45, 7) is 2.11. The minimum atomic E-state index is -0.478. The zero-order valence-electron chi connectivity index (χ0n) is 14.1. The van der Waals surface area contributed by atoms with Crippen molar-refractivity contribution >= 4 is 11.8 Å². The van der Waals surface area contributed by atoms with Crippen molar-refractivity contribution in [3.63, 3.8) is 0 Å². The molecule has 0 aliphatic heterocycles. The lowest BCUT2D eigenvalue weighted by Gasteiger charge is -2.08. The van der Waals surface area contributed by atoms with Crippen molar-refractivity contribution in [2.75, 3.05) is 7.11 Å². The van der Waals surface area contributed by atoms with E-state index in [1.807, 2.05) is 47.0 Å². The lowest BCUT2D eigenvalue weighted by atomic mass is 10.1. The van der Waals surface area contributed by atoms with Crippen molar-refractivity contribution in [2.24, 2.45) is 0 Å². The minimum absolute atomic E-state index is 0.00873. The van der Waals surface area contributed by atoms with Crippen LogP contribution in [-0.4, -0.2) is 28.4 Å². The van der Waals surface area contributed by atoms with Gasteiger partial charge in [0.05, 0.1) is 7.11 Å². The number of ether oxygens (including phenoxy) is 1. The molecule has 0 atom stereocenters. The first kappa shape index (κ1) is 16.6. The highest BCUT2D eigenvalue weighted by Crippen LogP contribution is 2.21. The van der Waals surface area contributed by atoms with Gasteiger partial charge in [0.15, 0.2) is 11.5 Å². The van der Waals surface area contributed by atoms with Gasteiger partial charge in [0.25, 0.3) is 0 Å². The molecule has 25 heavy (non-hydrogen) atoms. The van der Waals surface area contributed by atoms with Crippen molar-refractivity contribution < 1.29 is 14.3 Å². The monoisotopic (exact) mass is 334 g/mol. The molecule has 0 spiro atoms. The second-order valence-electron chi connectivity index (χ2n) is 5.69. The van der Waals surface area contributed by atoms with E-state index in [9.17, 15) is 9.59 Å². The van der Waals surface area contributed by atoms with Crippen LogP contribution in [0.4, 0.5) is 0 Å². The molecule has 1 aromatic heterocycles. The Hall–Kier alpha value is -3.21. The fraction of sp³-hybridized carbons (Fsp3) is 0.150. The van der Waals surface area contributed by atoms with Crippen molar-refractivity contribution in [2.45, 2.75) is 13.5 Å². The maximum atomic E-state index is 11.9. The zero-order chi connectivity index (χ0) is 17.8. The summed E-state index contributed by atoms with van der Waals surface area (Å²) in [5, 5.41) is 0. The highest BCUT2D eigenvalue weighted by Gasteiger charge is 2.16. The third-order valence-corrected chi connectivity index (χ3v) is 3.92. The molecule has 0 radical (unpaired) electrons. The van der Waals surface area contributed by atoms with E-state index in [1.165, 1.54) is 14.0 Å². The molecule has 3 aromatic rings. The van der Waals surface area contributed by atoms with E-state index >= 15 is 0 Å². The maximum absolute atomic E-state index is 11.9. The molecule has 1 heterocycles. The van der Waals surface area contributed by atoms with Gasteiger partial charge in [-0.1, -0.05) is 54.6 Å². The average molecular weight is 334 g/mol. The number of aromatic nitrogens is 2. The van der Waals surface area contributed by atoms with Gasteiger partial charge in [0, 0.05) is 23.9 Å². The molecule has 0 aliphatic rings. The number of carbonyl (C=O) groups excluding carboxylic acids is 2. The van der Waals surface area contributed by atoms with Crippen LogP contribution < -0.4 is 0 Å². The molecule has 5 nitrogen and oxygen atoms in total. The van der Waals surface area contributed by atoms with Gasteiger partial charge in [0.2, 0.25) is 0 Å². The number of ketones is 1. The number of imidazole rings is 1. The summed E-state index contributed by atoms with van der Waals surface area (Å²) in [5.74, 6) is 0.183. The molecule has 5 heteroatoms. The van der Waals surface area contributed by atoms with E-state index in [2.05, 4.69) is 4.98 Å². The molecule has 126 valence electrons. The lowest BCUT2D eigenvalue weighted by molar-refractivity contribution is 0.0594. The molecular weight excluding hydrogens is 316 g/mol. The number of esters is 1. The molecular formula is C20H18N2O3. The Kier molecular flexibility index (Phi) is 4.75. The number of hydrogen-bond donors (Lipinski definition) is 0. The lowest BCUT2D eigenvalue weighted by Crippen LogP contribution is -2.02. The van der Waals surface area contributed by atoms with Gasteiger partial charge in [0.1, 0.15) is 5.82 Å². The van der Waals surface area contributed by atoms with Gasteiger partial charge in [-0.05, 0) is 12.5 Å². The molecule has 0 saturated heterocycles. The fourth-order valence-electron chi connectivity index (χ4n) is 2.60. The van der Waals surface area contributed by atoms with Crippen molar-refractivity contribution in [1.82, 2.24) is 9.55 Å². The summed E-state index contributed by atoms with van der Waals surface area (Å²) >= 11 is 0. The molecule has 0 bridgehead atoms. The van der Waals surface area contributed by atoms with Gasteiger partial charge in [-0.15, -0.1) is 0 Å². The number of benzene rings is 2. The topological polar surface area (TPSA) is 61.2 Å². The molecule has 0 N–H and O–H groups in total. The van der Waals surface area contributed by atoms with Gasteiger partial charge in [-0.25, -0.2) is 9.78 Å². The first-order valence-corrected chi connectivity index (χ1v) is 7.89. The normalized spacial score (nSPS) is 10.5. The summed E-state index contributed by atoms with van der Waals surface area (Å²) < 4.78 is 6.69. The van der Waals surface area contributed by atoms with E-state index in [0.717, 1.165) is 11.1 Å². The first-order chi connectivity index (χ1) is 12.1. The van der Waals surface area contributed by atoms with Crippen LogP contribution in [0, 0.1) is 0 Å². The van der Waals surface area contributed by atoms with E-state index in [0.29, 0.717) is 17.9 Å². The smallest absolute Gasteiger partial charge is 0.358 e. The van der Waals surface area contributed by atoms with Crippen LogP contribution in [0.25, 0.3) is 11.4 Å². The van der Waals surface area contributed by atoms with E-state index < -0.39 is 5.97 Å². The molecule has 0 fully saturated rings. The molecule has 0 saturated carbocycles. The van der Waals surface area contributed by atoms with Crippen LogP contribution >= 0.6 is 0 Å². The second-order valence-corrected chi connectivity index (χ2v) is 5.69. The molecule has 3 rings (SSSR count). The summed E-state index contributed by atoms with van der Waals surface area (Å²) in [4.78, 5) is 27.7. The predicted molar refractivity (Wildman–Crippen MR) is 94.6 cm³/mol. The second kappa shape index (κ2) is 7.13. The number of rotatable bonds is 5.